The molecule has 0 aliphatic carbocycles. The Balaban J connectivity index is 2.06. The maximum Gasteiger partial charge on any atom is 0.335 e. The second kappa shape index (κ2) is 7.31. The van der Waals surface area contributed by atoms with E-state index in [0.29, 0.717) is 22.0 Å². The minimum atomic E-state index is -0.819. The van der Waals surface area contributed by atoms with Gasteiger partial charge < -0.3 is 4.74 Å². The van der Waals surface area contributed by atoms with Crippen molar-refractivity contribution in [3.8, 4) is 5.75 Å². The van der Waals surface area contributed by atoms with Gasteiger partial charge in [0.15, 0.2) is 0 Å². The number of amides is 4. The molecule has 1 aliphatic rings. The van der Waals surface area contributed by atoms with Crippen molar-refractivity contribution in [1.29, 1.82) is 0 Å². The minimum Gasteiger partial charge on any atom is -0.496 e. The lowest BCUT2D eigenvalue weighted by Crippen LogP contribution is -2.54. The molecule has 1 heterocycles. The molecule has 132 valence electrons. The zero-order valence-electron chi connectivity index (χ0n) is 13.5. The van der Waals surface area contributed by atoms with Crippen molar-refractivity contribution < 1.29 is 19.1 Å². The van der Waals surface area contributed by atoms with E-state index in [1.165, 1.54) is 25.3 Å². The van der Waals surface area contributed by atoms with Gasteiger partial charge in [0.25, 0.3) is 11.8 Å². The van der Waals surface area contributed by atoms with Crippen molar-refractivity contribution >= 4 is 57.1 Å². The topological polar surface area (TPSA) is 75.7 Å². The van der Waals surface area contributed by atoms with E-state index in [-0.39, 0.29) is 5.57 Å². The van der Waals surface area contributed by atoms with E-state index in [1.807, 2.05) is 0 Å². The summed E-state index contributed by atoms with van der Waals surface area (Å²) in [6, 6.07) is 10.5. The van der Waals surface area contributed by atoms with E-state index in [9.17, 15) is 14.4 Å². The lowest BCUT2D eigenvalue weighted by Gasteiger charge is -2.26. The van der Waals surface area contributed by atoms with Gasteiger partial charge in [-0.25, -0.2) is 9.69 Å². The number of urea groups is 1. The van der Waals surface area contributed by atoms with Crippen molar-refractivity contribution in [2.45, 2.75) is 0 Å². The van der Waals surface area contributed by atoms with Crippen LogP contribution in [-0.4, -0.2) is 25.0 Å². The average molecular weight is 436 g/mol. The Morgan fingerprint density at radius 3 is 2.46 bits per heavy atom. The highest BCUT2D eigenvalue weighted by Crippen LogP contribution is 2.28. The molecular formula is C18H12BrClN2O4. The molecule has 0 bridgehead atoms. The van der Waals surface area contributed by atoms with Gasteiger partial charge in [-0.1, -0.05) is 27.5 Å². The molecule has 1 aliphatic heterocycles. The number of carbonyl (C=O) groups excluding carboxylic acids is 3. The van der Waals surface area contributed by atoms with Crippen molar-refractivity contribution in [1.82, 2.24) is 5.32 Å². The Bertz CT molecular complexity index is 941. The van der Waals surface area contributed by atoms with E-state index in [0.717, 1.165) is 9.37 Å². The summed E-state index contributed by atoms with van der Waals surface area (Å²) in [5, 5.41) is 2.63. The summed E-state index contributed by atoms with van der Waals surface area (Å²) in [7, 11) is 1.48. The van der Waals surface area contributed by atoms with Gasteiger partial charge in [0.05, 0.1) is 12.8 Å². The third kappa shape index (κ3) is 3.49. The number of rotatable bonds is 3. The number of methoxy groups -OCH3 is 1. The van der Waals surface area contributed by atoms with Crippen molar-refractivity contribution in [2.75, 3.05) is 12.0 Å². The SMILES string of the molecule is COc1ccc(Br)cc1/C=C1\C(=O)NC(=O)N(c2ccc(Cl)cc2)C1=O. The number of benzene rings is 2. The first-order chi connectivity index (χ1) is 12.4. The van der Waals surface area contributed by atoms with Crippen LogP contribution in [0.5, 0.6) is 5.75 Å². The first-order valence-corrected chi connectivity index (χ1v) is 8.58. The summed E-state index contributed by atoms with van der Waals surface area (Å²) in [4.78, 5) is 38.1. The van der Waals surface area contributed by atoms with E-state index in [1.54, 1.807) is 30.3 Å². The smallest absolute Gasteiger partial charge is 0.335 e. The normalized spacial score (nSPS) is 16.0. The van der Waals surface area contributed by atoms with Crippen molar-refractivity contribution in [3.63, 3.8) is 0 Å². The fourth-order valence-electron chi connectivity index (χ4n) is 2.46. The summed E-state index contributed by atoms with van der Waals surface area (Å²) in [5.41, 5.74) is 0.637. The van der Waals surface area contributed by atoms with Crippen LogP contribution in [0.15, 0.2) is 52.5 Å². The standard InChI is InChI=1S/C18H12BrClN2O4/c1-26-15-7-2-11(19)8-10(15)9-14-16(23)21-18(25)22(17(14)24)13-5-3-12(20)4-6-13/h2-9H,1H3,(H,21,23,25)/b14-9+. The quantitative estimate of drug-likeness (QED) is 0.588. The van der Waals surface area contributed by atoms with Crippen LogP contribution < -0.4 is 15.0 Å². The molecule has 1 saturated heterocycles. The number of hydrogen-bond donors (Lipinski definition) is 1. The molecule has 0 atom stereocenters. The fraction of sp³-hybridized carbons (Fsp3) is 0.0556. The van der Waals surface area contributed by atoms with Crippen LogP contribution in [0.3, 0.4) is 0 Å². The van der Waals surface area contributed by atoms with Crippen LogP contribution in [0.4, 0.5) is 10.5 Å². The predicted octanol–water partition coefficient (Wildman–Crippen LogP) is 3.78. The Morgan fingerprint density at radius 1 is 1.12 bits per heavy atom. The predicted molar refractivity (Wildman–Crippen MR) is 101 cm³/mol. The number of carbonyl (C=O) groups is 3. The summed E-state index contributed by atoms with van der Waals surface area (Å²) in [6.07, 6.45) is 1.39. The molecule has 0 aromatic heterocycles. The lowest BCUT2D eigenvalue weighted by atomic mass is 10.1. The Hall–Kier alpha value is -2.64. The highest BCUT2D eigenvalue weighted by Gasteiger charge is 2.36. The molecular weight excluding hydrogens is 424 g/mol. The van der Waals surface area contributed by atoms with Crippen molar-refractivity contribution in [3.05, 3.63) is 63.1 Å². The third-order valence-electron chi connectivity index (χ3n) is 3.68. The Kier molecular flexibility index (Phi) is 5.11. The number of hydrogen-bond acceptors (Lipinski definition) is 4. The van der Waals surface area contributed by atoms with E-state index in [4.69, 9.17) is 16.3 Å². The van der Waals surface area contributed by atoms with E-state index in [2.05, 4.69) is 21.2 Å². The number of halogens is 2. The van der Waals surface area contributed by atoms with Gasteiger partial charge >= 0.3 is 6.03 Å². The molecule has 0 radical (unpaired) electrons. The first-order valence-electron chi connectivity index (χ1n) is 7.41. The van der Waals surface area contributed by atoms with Crippen LogP contribution in [0, 0.1) is 0 Å². The van der Waals surface area contributed by atoms with Gasteiger partial charge in [0.2, 0.25) is 0 Å². The number of barbiturate groups is 1. The molecule has 1 N–H and O–H groups in total. The van der Waals surface area contributed by atoms with Gasteiger partial charge in [-0.05, 0) is 48.5 Å². The molecule has 8 heteroatoms. The van der Waals surface area contributed by atoms with Gasteiger partial charge in [-0.3, -0.25) is 14.9 Å². The van der Waals surface area contributed by atoms with E-state index < -0.39 is 17.8 Å². The Labute approximate surface area is 162 Å². The van der Waals surface area contributed by atoms with Crippen LogP contribution in [0.2, 0.25) is 5.02 Å². The molecule has 6 nitrogen and oxygen atoms in total. The molecule has 0 spiro atoms. The zero-order chi connectivity index (χ0) is 18.8. The third-order valence-corrected chi connectivity index (χ3v) is 4.42. The summed E-state index contributed by atoms with van der Waals surface area (Å²) in [6.45, 7) is 0. The molecule has 4 amide bonds. The van der Waals surface area contributed by atoms with Gasteiger partial charge in [0, 0.05) is 15.1 Å². The molecule has 26 heavy (non-hydrogen) atoms. The second-order valence-electron chi connectivity index (χ2n) is 5.32. The fourth-order valence-corrected chi connectivity index (χ4v) is 2.96. The van der Waals surface area contributed by atoms with Crippen LogP contribution in [-0.2, 0) is 9.59 Å². The average Bonchev–Trinajstić information content (AvgIpc) is 2.60. The van der Waals surface area contributed by atoms with Gasteiger partial charge in [0.1, 0.15) is 11.3 Å². The number of nitrogens with one attached hydrogen (secondary N) is 1. The number of imide groups is 2. The molecule has 2 aromatic carbocycles. The second-order valence-corrected chi connectivity index (χ2v) is 6.67. The maximum atomic E-state index is 12.8. The molecule has 2 aromatic rings. The highest BCUT2D eigenvalue weighted by molar-refractivity contribution is 9.10. The first kappa shape index (κ1) is 18.2. The number of ether oxygens (including phenoxy) is 1. The summed E-state index contributed by atoms with van der Waals surface area (Å²) < 4.78 is 6.00. The molecule has 0 unspecified atom stereocenters. The Morgan fingerprint density at radius 2 is 1.81 bits per heavy atom. The maximum absolute atomic E-state index is 12.8. The van der Waals surface area contributed by atoms with Gasteiger partial charge in [-0.15, -0.1) is 0 Å². The molecule has 1 fully saturated rings. The van der Waals surface area contributed by atoms with Crippen molar-refractivity contribution in [2.24, 2.45) is 0 Å². The minimum absolute atomic E-state index is 0.184. The zero-order valence-corrected chi connectivity index (χ0v) is 15.8. The monoisotopic (exact) mass is 434 g/mol. The van der Waals surface area contributed by atoms with Crippen LogP contribution in [0.1, 0.15) is 5.56 Å². The van der Waals surface area contributed by atoms with Gasteiger partial charge in [-0.2, -0.15) is 0 Å². The molecule has 3 rings (SSSR count). The van der Waals surface area contributed by atoms with Crippen LogP contribution >= 0.6 is 27.5 Å². The molecule has 0 saturated carbocycles. The van der Waals surface area contributed by atoms with E-state index >= 15 is 0 Å². The highest BCUT2D eigenvalue weighted by atomic mass is 79.9. The number of anilines is 1. The number of nitrogens with zero attached hydrogens (tertiary/aromatic N) is 1. The summed E-state index contributed by atoms with van der Waals surface area (Å²) in [5.74, 6) is -1.02. The lowest BCUT2D eigenvalue weighted by molar-refractivity contribution is -0.122. The van der Waals surface area contributed by atoms with Crippen LogP contribution in [0.25, 0.3) is 6.08 Å². The summed E-state index contributed by atoms with van der Waals surface area (Å²) >= 11 is 9.18. The largest absolute Gasteiger partial charge is 0.496 e.